The summed E-state index contributed by atoms with van der Waals surface area (Å²) < 4.78 is 13.2. The number of carbonyl (C=O) groups excluding carboxylic acids is 1. The largest absolute Gasteiger partial charge is 0.325 e. The average molecular weight is 267 g/mol. The van der Waals surface area contributed by atoms with Crippen LogP contribution in [-0.2, 0) is 4.79 Å². The Labute approximate surface area is 109 Å². The number of non-ortho nitro benzene ring substituents is 1. The molecule has 2 rings (SSSR count). The summed E-state index contributed by atoms with van der Waals surface area (Å²) in [5.74, 6) is -1.02. The molecule has 1 unspecified atom stereocenters. The molecule has 2 N–H and O–H groups in total. The van der Waals surface area contributed by atoms with Gasteiger partial charge in [0.25, 0.3) is 5.69 Å². The topological polar surface area (TPSA) is 84.3 Å². The maximum atomic E-state index is 13.2. The molecular formula is C12H14FN3O3. The molecule has 7 heteroatoms. The van der Waals surface area contributed by atoms with Crippen LogP contribution in [-0.4, -0.2) is 23.9 Å². The molecule has 1 amide bonds. The van der Waals surface area contributed by atoms with Crippen molar-refractivity contribution in [3.8, 4) is 0 Å². The highest BCUT2D eigenvalue weighted by Crippen LogP contribution is 2.27. The minimum atomic E-state index is -0.751. The maximum Gasteiger partial charge on any atom is 0.274 e. The fraction of sp³-hybridized carbons (Fsp3) is 0.417. The first kappa shape index (κ1) is 13.4. The molecule has 1 heterocycles. The summed E-state index contributed by atoms with van der Waals surface area (Å²) in [4.78, 5) is 22.0. The normalized spacial score (nSPS) is 22.2. The molecule has 0 radical (unpaired) electrons. The number of nitrogens with zero attached hydrogens (tertiary/aromatic N) is 1. The predicted octanol–water partition coefficient (Wildman–Crippen LogP) is 1.67. The molecule has 19 heavy (non-hydrogen) atoms. The Bertz CT molecular complexity index is 527. The smallest absolute Gasteiger partial charge is 0.274 e. The van der Waals surface area contributed by atoms with E-state index in [1.165, 1.54) is 0 Å². The minimum absolute atomic E-state index is 0.102. The summed E-state index contributed by atoms with van der Waals surface area (Å²) in [7, 11) is 0. The Morgan fingerprint density at radius 2 is 2.26 bits per heavy atom. The summed E-state index contributed by atoms with van der Waals surface area (Å²) in [5.41, 5.74) is -0.851. The Morgan fingerprint density at radius 1 is 1.53 bits per heavy atom. The Kier molecular flexibility index (Phi) is 3.48. The van der Waals surface area contributed by atoms with E-state index in [-0.39, 0.29) is 17.3 Å². The summed E-state index contributed by atoms with van der Waals surface area (Å²) >= 11 is 0. The zero-order valence-electron chi connectivity index (χ0n) is 10.4. The molecule has 1 fully saturated rings. The summed E-state index contributed by atoms with van der Waals surface area (Å²) in [6.45, 7) is 3.08. The second-order valence-electron chi connectivity index (χ2n) is 4.90. The Balaban J connectivity index is 2.19. The lowest BCUT2D eigenvalue weighted by molar-refractivity contribution is -0.385. The van der Waals surface area contributed by atoms with Crippen LogP contribution in [0.4, 0.5) is 15.8 Å². The summed E-state index contributed by atoms with van der Waals surface area (Å²) in [6.07, 6.45) is 0.677. The van der Waals surface area contributed by atoms with E-state index in [2.05, 4.69) is 10.6 Å². The highest BCUT2D eigenvalue weighted by molar-refractivity contribution is 5.95. The van der Waals surface area contributed by atoms with E-state index in [1.807, 2.05) is 0 Å². The number of nitro groups is 1. The molecule has 6 nitrogen and oxygen atoms in total. The van der Waals surface area contributed by atoms with Crippen molar-refractivity contribution in [2.45, 2.75) is 13.3 Å². The second-order valence-corrected chi connectivity index (χ2v) is 4.90. The quantitative estimate of drug-likeness (QED) is 0.644. The molecule has 1 aliphatic heterocycles. The van der Waals surface area contributed by atoms with Gasteiger partial charge in [-0.25, -0.2) is 4.39 Å². The SMILES string of the molecule is CC1(C(=O)Nc2cc(F)cc([N+](=O)[O-])c2)CCNC1. The van der Waals surface area contributed by atoms with Crippen LogP contribution >= 0.6 is 0 Å². The molecule has 0 aromatic heterocycles. The van der Waals surface area contributed by atoms with Crippen molar-refractivity contribution in [2.75, 3.05) is 18.4 Å². The number of nitrogens with one attached hydrogen (secondary N) is 2. The fourth-order valence-electron chi connectivity index (χ4n) is 2.04. The zero-order chi connectivity index (χ0) is 14.0. The van der Waals surface area contributed by atoms with E-state index in [0.29, 0.717) is 13.0 Å². The van der Waals surface area contributed by atoms with Crippen LogP contribution in [0.3, 0.4) is 0 Å². The van der Waals surface area contributed by atoms with Crippen LogP contribution in [0.5, 0.6) is 0 Å². The fourth-order valence-corrected chi connectivity index (χ4v) is 2.04. The molecule has 1 aliphatic rings. The number of hydrogen-bond acceptors (Lipinski definition) is 4. The van der Waals surface area contributed by atoms with Crippen molar-refractivity contribution >= 4 is 17.3 Å². The van der Waals surface area contributed by atoms with Crippen molar-refractivity contribution in [3.05, 3.63) is 34.1 Å². The first-order chi connectivity index (χ1) is 8.90. The molecule has 1 aromatic carbocycles. The molecule has 1 aromatic rings. The molecule has 1 saturated heterocycles. The van der Waals surface area contributed by atoms with Gasteiger partial charge in [-0.3, -0.25) is 14.9 Å². The zero-order valence-corrected chi connectivity index (χ0v) is 10.4. The monoisotopic (exact) mass is 267 g/mol. The average Bonchev–Trinajstić information content (AvgIpc) is 2.76. The first-order valence-corrected chi connectivity index (χ1v) is 5.88. The van der Waals surface area contributed by atoms with Gasteiger partial charge in [0.15, 0.2) is 0 Å². The summed E-state index contributed by atoms with van der Waals surface area (Å²) in [6, 6.07) is 3.03. The number of benzene rings is 1. The van der Waals surface area contributed by atoms with Crippen LogP contribution in [0.2, 0.25) is 0 Å². The van der Waals surface area contributed by atoms with Gasteiger partial charge >= 0.3 is 0 Å². The molecule has 0 spiro atoms. The van der Waals surface area contributed by atoms with Crippen LogP contribution in [0, 0.1) is 21.3 Å². The number of nitro benzene ring substituents is 1. The standard InChI is InChI=1S/C12H14FN3O3/c1-12(2-3-14-7-12)11(17)15-9-4-8(13)5-10(6-9)16(18)19/h4-6,14H,2-3,7H2,1H3,(H,15,17). The lowest BCUT2D eigenvalue weighted by Gasteiger charge is -2.21. The van der Waals surface area contributed by atoms with Gasteiger partial charge in [0.05, 0.1) is 22.1 Å². The molecule has 1 atom stereocenters. The van der Waals surface area contributed by atoms with Gasteiger partial charge in [-0.05, 0) is 26.0 Å². The number of amides is 1. The molecular weight excluding hydrogens is 253 g/mol. The number of anilines is 1. The molecule has 0 saturated carbocycles. The lowest BCUT2D eigenvalue weighted by Crippen LogP contribution is -2.35. The van der Waals surface area contributed by atoms with Gasteiger partial charge in [0.1, 0.15) is 5.82 Å². The lowest BCUT2D eigenvalue weighted by atomic mass is 9.89. The third-order valence-corrected chi connectivity index (χ3v) is 3.27. The van der Waals surface area contributed by atoms with Crippen molar-refractivity contribution in [1.82, 2.24) is 5.32 Å². The minimum Gasteiger partial charge on any atom is -0.325 e. The third-order valence-electron chi connectivity index (χ3n) is 3.27. The van der Waals surface area contributed by atoms with Crippen molar-refractivity contribution < 1.29 is 14.1 Å². The van der Waals surface area contributed by atoms with Crippen molar-refractivity contribution in [2.24, 2.45) is 5.41 Å². The predicted molar refractivity (Wildman–Crippen MR) is 67.3 cm³/mol. The van der Waals surface area contributed by atoms with Crippen molar-refractivity contribution in [1.29, 1.82) is 0 Å². The highest BCUT2D eigenvalue weighted by Gasteiger charge is 2.36. The van der Waals surface area contributed by atoms with E-state index in [9.17, 15) is 19.3 Å². The number of halogens is 1. The third kappa shape index (κ3) is 2.87. The molecule has 0 aliphatic carbocycles. The van der Waals surface area contributed by atoms with Gasteiger partial charge in [-0.2, -0.15) is 0 Å². The van der Waals surface area contributed by atoms with Gasteiger partial charge in [-0.15, -0.1) is 0 Å². The highest BCUT2D eigenvalue weighted by atomic mass is 19.1. The van der Waals surface area contributed by atoms with E-state index >= 15 is 0 Å². The van der Waals surface area contributed by atoms with Gasteiger partial charge in [0, 0.05) is 12.6 Å². The van der Waals surface area contributed by atoms with Crippen LogP contribution in [0.1, 0.15) is 13.3 Å². The van der Waals surface area contributed by atoms with Crippen LogP contribution < -0.4 is 10.6 Å². The Morgan fingerprint density at radius 3 is 2.84 bits per heavy atom. The molecule has 0 bridgehead atoms. The van der Waals surface area contributed by atoms with Gasteiger partial charge in [0.2, 0.25) is 5.91 Å². The summed E-state index contributed by atoms with van der Waals surface area (Å²) in [5, 5.41) is 16.2. The first-order valence-electron chi connectivity index (χ1n) is 5.88. The van der Waals surface area contributed by atoms with E-state index in [1.54, 1.807) is 6.92 Å². The number of hydrogen-bond donors (Lipinski definition) is 2. The Hall–Kier alpha value is -2.02. The van der Waals surface area contributed by atoms with Gasteiger partial charge < -0.3 is 10.6 Å². The number of rotatable bonds is 3. The van der Waals surface area contributed by atoms with Crippen molar-refractivity contribution in [3.63, 3.8) is 0 Å². The van der Waals surface area contributed by atoms with Gasteiger partial charge in [-0.1, -0.05) is 0 Å². The van der Waals surface area contributed by atoms with E-state index in [0.717, 1.165) is 24.7 Å². The number of carbonyl (C=O) groups is 1. The maximum absolute atomic E-state index is 13.2. The van der Waals surface area contributed by atoms with E-state index in [4.69, 9.17) is 0 Å². The van der Waals surface area contributed by atoms with Crippen LogP contribution in [0.25, 0.3) is 0 Å². The molecule has 102 valence electrons. The van der Waals surface area contributed by atoms with E-state index < -0.39 is 16.2 Å². The van der Waals surface area contributed by atoms with Crippen LogP contribution in [0.15, 0.2) is 18.2 Å². The second kappa shape index (κ2) is 4.93.